The Hall–Kier alpha value is -1.99. The minimum absolute atomic E-state index is 0.115. The Morgan fingerprint density at radius 2 is 2.38 bits per heavy atom. The maximum atomic E-state index is 12.1. The number of hydrogen-bond donors (Lipinski definition) is 1. The van der Waals surface area contributed by atoms with Gasteiger partial charge in [-0.3, -0.25) is 4.79 Å². The number of hydrogen-bond acceptors (Lipinski definition) is 3. The molecule has 1 aliphatic heterocycles. The van der Waals surface area contributed by atoms with E-state index in [-0.39, 0.29) is 5.57 Å². The third-order valence-corrected chi connectivity index (χ3v) is 3.68. The van der Waals surface area contributed by atoms with E-state index in [0.717, 1.165) is 19.5 Å². The Morgan fingerprint density at radius 3 is 3.05 bits per heavy atom. The fourth-order valence-corrected chi connectivity index (χ4v) is 2.62. The molecule has 1 aromatic rings. The zero-order valence-corrected chi connectivity index (χ0v) is 12.7. The van der Waals surface area contributed by atoms with Crippen LogP contribution in [-0.4, -0.2) is 23.9 Å². The maximum Gasteiger partial charge on any atom is 0.267 e. The van der Waals surface area contributed by atoms with Gasteiger partial charge in [0.1, 0.15) is 11.6 Å². The van der Waals surface area contributed by atoms with Gasteiger partial charge in [0.15, 0.2) is 0 Å². The van der Waals surface area contributed by atoms with Crippen molar-refractivity contribution < 1.29 is 4.79 Å². The highest BCUT2D eigenvalue weighted by Crippen LogP contribution is 2.18. The van der Waals surface area contributed by atoms with Gasteiger partial charge in [0.05, 0.1) is 0 Å². The number of amides is 1. The molecule has 1 heterocycles. The van der Waals surface area contributed by atoms with Crippen molar-refractivity contribution in [3.05, 3.63) is 41.1 Å². The highest BCUT2D eigenvalue weighted by atomic mass is 35.5. The Bertz CT molecular complexity index is 591. The molecular formula is C16H18ClN3O. The van der Waals surface area contributed by atoms with Gasteiger partial charge in [0, 0.05) is 30.0 Å². The van der Waals surface area contributed by atoms with E-state index in [9.17, 15) is 10.1 Å². The van der Waals surface area contributed by atoms with Crippen LogP contribution in [0.1, 0.15) is 19.8 Å². The smallest absolute Gasteiger partial charge is 0.267 e. The van der Waals surface area contributed by atoms with Crippen molar-refractivity contribution in [2.75, 3.05) is 18.4 Å². The number of carbonyl (C=O) groups excluding carboxylic acids is 1. The minimum Gasteiger partial charge on any atom is -0.376 e. The molecule has 0 aromatic heterocycles. The van der Waals surface area contributed by atoms with Crippen LogP contribution in [0.25, 0.3) is 0 Å². The molecule has 0 radical (unpaired) electrons. The van der Waals surface area contributed by atoms with Crippen molar-refractivity contribution in [2.24, 2.45) is 5.92 Å². The normalized spacial score (nSPS) is 19.0. The molecule has 0 bridgehead atoms. The number of benzene rings is 1. The first-order valence-electron chi connectivity index (χ1n) is 7.01. The summed E-state index contributed by atoms with van der Waals surface area (Å²) in [7, 11) is 0. The third-order valence-electron chi connectivity index (χ3n) is 3.45. The first-order valence-corrected chi connectivity index (χ1v) is 7.39. The molecule has 1 amide bonds. The van der Waals surface area contributed by atoms with E-state index in [1.807, 2.05) is 11.0 Å². The standard InChI is InChI=1S/C16H18ClN3O/c1-12-4-3-7-20(10-12)11-13(9-18)16(21)19-15-6-2-5-14(17)8-15/h2,5-6,8,11-12H,3-4,7,10H2,1H3,(H,19,21)/b13-11-/t12-/m1/s1. The largest absolute Gasteiger partial charge is 0.376 e. The first-order chi connectivity index (χ1) is 10.1. The molecular weight excluding hydrogens is 286 g/mol. The van der Waals surface area contributed by atoms with E-state index in [2.05, 4.69) is 12.2 Å². The number of nitrogens with one attached hydrogen (secondary N) is 1. The van der Waals surface area contributed by atoms with Crippen LogP contribution < -0.4 is 5.32 Å². The zero-order valence-electron chi connectivity index (χ0n) is 12.0. The fourth-order valence-electron chi connectivity index (χ4n) is 2.43. The Balaban J connectivity index is 2.06. The van der Waals surface area contributed by atoms with Crippen LogP contribution in [0.4, 0.5) is 5.69 Å². The van der Waals surface area contributed by atoms with E-state index >= 15 is 0 Å². The van der Waals surface area contributed by atoms with Gasteiger partial charge in [0.25, 0.3) is 5.91 Å². The molecule has 4 nitrogen and oxygen atoms in total. The van der Waals surface area contributed by atoms with Crippen LogP contribution in [0.15, 0.2) is 36.0 Å². The molecule has 0 spiro atoms. The van der Waals surface area contributed by atoms with Crippen LogP contribution in [0.3, 0.4) is 0 Å². The van der Waals surface area contributed by atoms with Gasteiger partial charge >= 0.3 is 0 Å². The summed E-state index contributed by atoms with van der Waals surface area (Å²) >= 11 is 5.87. The fraction of sp³-hybridized carbons (Fsp3) is 0.375. The van der Waals surface area contributed by atoms with Crippen molar-refractivity contribution in [1.29, 1.82) is 5.26 Å². The summed E-state index contributed by atoms with van der Waals surface area (Å²) in [5.41, 5.74) is 0.699. The molecule has 1 atom stereocenters. The summed E-state index contributed by atoms with van der Waals surface area (Å²) in [5, 5.41) is 12.4. The summed E-state index contributed by atoms with van der Waals surface area (Å²) in [6.07, 6.45) is 3.95. The number of halogens is 1. The predicted molar refractivity (Wildman–Crippen MR) is 83.7 cm³/mol. The van der Waals surface area contributed by atoms with Crippen molar-refractivity contribution in [3.63, 3.8) is 0 Å². The van der Waals surface area contributed by atoms with Gasteiger partial charge < -0.3 is 10.2 Å². The Morgan fingerprint density at radius 1 is 1.57 bits per heavy atom. The molecule has 1 aliphatic rings. The van der Waals surface area contributed by atoms with Crippen LogP contribution in [0.2, 0.25) is 5.02 Å². The minimum atomic E-state index is -0.405. The molecule has 0 saturated carbocycles. The Kier molecular flexibility index (Phi) is 5.24. The second kappa shape index (κ2) is 7.14. The SMILES string of the molecule is C[C@@H]1CCCN(/C=C(/C#N)C(=O)Nc2cccc(Cl)c2)C1. The molecule has 1 N–H and O–H groups in total. The second-order valence-electron chi connectivity index (χ2n) is 5.36. The summed E-state index contributed by atoms with van der Waals surface area (Å²) in [4.78, 5) is 14.2. The highest BCUT2D eigenvalue weighted by molar-refractivity contribution is 6.31. The van der Waals surface area contributed by atoms with Crippen LogP contribution in [0.5, 0.6) is 0 Å². The number of piperidine rings is 1. The number of anilines is 1. The number of rotatable bonds is 3. The summed E-state index contributed by atoms with van der Waals surface area (Å²) in [6, 6.07) is 8.84. The van der Waals surface area contributed by atoms with Gasteiger partial charge in [-0.25, -0.2) is 0 Å². The number of nitriles is 1. The molecule has 0 unspecified atom stereocenters. The van der Waals surface area contributed by atoms with Gasteiger partial charge in [-0.2, -0.15) is 5.26 Å². The van der Waals surface area contributed by atoms with E-state index in [1.54, 1.807) is 30.5 Å². The lowest BCUT2D eigenvalue weighted by molar-refractivity contribution is -0.112. The summed E-state index contributed by atoms with van der Waals surface area (Å²) in [6.45, 7) is 3.95. The molecule has 1 saturated heterocycles. The first kappa shape index (κ1) is 15.4. The van der Waals surface area contributed by atoms with Gasteiger partial charge in [0.2, 0.25) is 0 Å². The lowest BCUT2D eigenvalue weighted by Crippen LogP contribution is -2.31. The van der Waals surface area contributed by atoms with Crippen LogP contribution in [-0.2, 0) is 4.79 Å². The average molecular weight is 304 g/mol. The van der Waals surface area contributed by atoms with E-state index in [1.165, 1.54) is 6.42 Å². The van der Waals surface area contributed by atoms with Crippen molar-refractivity contribution in [1.82, 2.24) is 4.90 Å². The number of carbonyl (C=O) groups is 1. The van der Waals surface area contributed by atoms with Crippen LogP contribution >= 0.6 is 11.6 Å². The Labute approximate surface area is 130 Å². The molecule has 2 rings (SSSR count). The van der Waals surface area contributed by atoms with Gasteiger partial charge in [-0.1, -0.05) is 24.6 Å². The lowest BCUT2D eigenvalue weighted by atomic mass is 10.0. The molecule has 1 aromatic carbocycles. The van der Waals surface area contributed by atoms with E-state index < -0.39 is 5.91 Å². The predicted octanol–water partition coefficient (Wildman–Crippen LogP) is 3.42. The molecule has 0 aliphatic carbocycles. The number of likely N-dealkylation sites (tertiary alicyclic amines) is 1. The average Bonchev–Trinajstić information content (AvgIpc) is 2.44. The maximum absolute atomic E-state index is 12.1. The van der Waals surface area contributed by atoms with Crippen molar-refractivity contribution in [2.45, 2.75) is 19.8 Å². The number of nitrogens with zero attached hydrogens (tertiary/aromatic N) is 2. The van der Waals surface area contributed by atoms with Gasteiger partial charge in [-0.05, 0) is 37.0 Å². The second-order valence-corrected chi connectivity index (χ2v) is 5.80. The van der Waals surface area contributed by atoms with Crippen molar-refractivity contribution >= 4 is 23.2 Å². The monoisotopic (exact) mass is 303 g/mol. The third kappa shape index (κ3) is 4.51. The molecule has 21 heavy (non-hydrogen) atoms. The van der Waals surface area contributed by atoms with Crippen molar-refractivity contribution in [3.8, 4) is 6.07 Å². The van der Waals surface area contributed by atoms with E-state index in [0.29, 0.717) is 16.6 Å². The topological polar surface area (TPSA) is 56.1 Å². The molecule has 5 heteroatoms. The van der Waals surface area contributed by atoms with Gasteiger partial charge in [-0.15, -0.1) is 0 Å². The highest BCUT2D eigenvalue weighted by Gasteiger charge is 2.16. The van der Waals surface area contributed by atoms with Crippen LogP contribution in [0, 0.1) is 17.2 Å². The summed E-state index contributed by atoms with van der Waals surface area (Å²) < 4.78 is 0. The lowest BCUT2D eigenvalue weighted by Gasteiger charge is -2.29. The molecule has 1 fully saturated rings. The summed E-state index contributed by atoms with van der Waals surface area (Å²) in [5.74, 6) is 0.184. The zero-order chi connectivity index (χ0) is 15.2. The quantitative estimate of drug-likeness (QED) is 0.687. The molecule has 110 valence electrons. The van der Waals surface area contributed by atoms with E-state index in [4.69, 9.17) is 11.6 Å².